The minimum atomic E-state index is -0.0800. The molecular formula is C18H19N5O2. The molecule has 1 fully saturated rings. The number of benzene rings is 1. The van der Waals surface area contributed by atoms with E-state index in [2.05, 4.69) is 27.3 Å². The quantitative estimate of drug-likeness (QED) is 0.723. The first kappa shape index (κ1) is 15.7. The van der Waals surface area contributed by atoms with Crippen molar-refractivity contribution in [2.45, 2.75) is 18.9 Å². The van der Waals surface area contributed by atoms with Crippen LogP contribution in [0, 0.1) is 0 Å². The number of rotatable bonds is 4. The summed E-state index contributed by atoms with van der Waals surface area (Å²) in [5, 5.41) is 7.71. The van der Waals surface area contributed by atoms with Crippen LogP contribution in [-0.2, 0) is 11.2 Å². The second kappa shape index (κ2) is 6.98. The molecule has 1 amide bonds. The van der Waals surface area contributed by atoms with E-state index in [1.54, 1.807) is 23.1 Å². The van der Waals surface area contributed by atoms with Crippen LogP contribution in [0.1, 0.15) is 22.5 Å². The molecule has 25 heavy (non-hydrogen) atoms. The molecule has 4 rings (SSSR count). The van der Waals surface area contributed by atoms with E-state index in [9.17, 15) is 4.79 Å². The number of hydrogen-bond acceptors (Lipinski definition) is 5. The first-order chi connectivity index (χ1) is 12.3. The van der Waals surface area contributed by atoms with Crippen molar-refractivity contribution in [1.29, 1.82) is 0 Å². The van der Waals surface area contributed by atoms with Crippen molar-refractivity contribution < 1.29 is 9.53 Å². The highest BCUT2D eigenvalue weighted by Crippen LogP contribution is 2.14. The smallest absolute Gasteiger partial charge is 0.274 e. The normalized spacial score (nSPS) is 17.8. The van der Waals surface area contributed by atoms with Crippen molar-refractivity contribution in [3.63, 3.8) is 0 Å². The molecule has 3 aromatic rings. The van der Waals surface area contributed by atoms with Crippen LogP contribution in [0.15, 0.2) is 49.1 Å². The lowest BCUT2D eigenvalue weighted by Gasteiger charge is -2.32. The molecule has 0 saturated carbocycles. The molecule has 0 aliphatic carbocycles. The summed E-state index contributed by atoms with van der Waals surface area (Å²) in [6, 6.07) is 10.3. The van der Waals surface area contributed by atoms with E-state index in [4.69, 9.17) is 4.74 Å². The maximum absolute atomic E-state index is 12.7. The zero-order valence-corrected chi connectivity index (χ0v) is 13.8. The zero-order valence-electron chi connectivity index (χ0n) is 13.8. The van der Waals surface area contributed by atoms with Gasteiger partial charge < -0.3 is 9.64 Å². The van der Waals surface area contributed by atoms with Gasteiger partial charge in [-0.25, -0.2) is 4.98 Å². The summed E-state index contributed by atoms with van der Waals surface area (Å²) in [5.74, 6) is -0.0800. The molecule has 1 unspecified atom stereocenters. The molecule has 2 aromatic heterocycles. The second-order valence-electron chi connectivity index (χ2n) is 6.14. The Balaban J connectivity index is 1.40. The number of hydrogen-bond donors (Lipinski definition) is 0. The van der Waals surface area contributed by atoms with Crippen molar-refractivity contribution in [3.8, 4) is 0 Å². The lowest BCUT2D eigenvalue weighted by atomic mass is 10.1. The van der Waals surface area contributed by atoms with Gasteiger partial charge in [0.15, 0.2) is 5.65 Å². The Morgan fingerprint density at radius 2 is 2.16 bits per heavy atom. The third kappa shape index (κ3) is 3.51. The Morgan fingerprint density at radius 1 is 1.28 bits per heavy atom. The van der Waals surface area contributed by atoms with E-state index in [0.717, 1.165) is 12.8 Å². The second-order valence-corrected chi connectivity index (χ2v) is 6.14. The molecule has 0 N–H and O–H groups in total. The number of ether oxygens (including phenoxy) is 1. The van der Waals surface area contributed by atoms with Crippen LogP contribution in [0.4, 0.5) is 0 Å². The van der Waals surface area contributed by atoms with E-state index in [0.29, 0.717) is 31.0 Å². The maximum atomic E-state index is 12.7. The van der Waals surface area contributed by atoms with Crippen molar-refractivity contribution in [1.82, 2.24) is 24.5 Å². The monoisotopic (exact) mass is 337 g/mol. The Hall–Kier alpha value is -2.80. The third-order valence-corrected chi connectivity index (χ3v) is 4.42. The standard InChI is InChI=1S/C18H19N5O2/c24-18(16-12-23-13-20-21-17(23)10-19-16)22-8-9-25-15(11-22)7-6-14-4-2-1-3-5-14/h1-5,10,12-13,15H,6-9,11H2. The van der Waals surface area contributed by atoms with Gasteiger partial charge in [0.05, 0.1) is 18.9 Å². The molecule has 1 atom stereocenters. The molecule has 0 spiro atoms. The van der Waals surface area contributed by atoms with Crippen LogP contribution in [0.2, 0.25) is 0 Å². The third-order valence-electron chi connectivity index (χ3n) is 4.42. The van der Waals surface area contributed by atoms with Crippen molar-refractivity contribution >= 4 is 11.6 Å². The number of morpholine rings is 1. The number of aromatic nitrogens is 4. The molecule has 7 heteroatoms. The van der Waals surface area contributed by atoms with E-state index in [-0.39, 0.29) is 12.0 Å². The highest BCUT2D eigenvalue weighted by Gasteiger charge is 2.26. The summed E-state index contributed by atoms with van der Waals surface area (Å²) in [5.41, 5.74) is 2.31. The summed E-state index contributed by atoms with van der Waals surface area (Å²) in [7, 11) is 0. The van der Waals surface area contributed by atoms with Crippen molar-refractivity contribution in [2.24, 2.45) is 0 Å². The van der Waals surface area contributed by atoms with Gasteiger partial charge in [-0.2, -0.15) is 0 Å². The molecular weight excluding hydrogens is 318 g/mol. The van der Waals surface area contributed by atoms with E-state index in [1.165, 1.54) is 5.56 Å². The lowest BCUT2D eigenvalue weighted by molar-refractivity contribution is -0.0248. The minimum Gasteiger partial charge on any atom is -0.375 e. The van der Waals surface area contributed by atoms with Gasteiger partial charge in [-0.3, -0.25) is 9.20 Å². The summed E-state index contributed by atoms with van der Waals surface area (Å²) in [4.78, 5) is 18.8. The summed E-state index contributed by atoms with van der Waals surface area (Å²) >= 11 is 0. The van der Waals surface area contributed by atoms with E-state index >= 15 is 0 Å². The van der Waals surface area contributed by atoms with Gasteiger partial charge in [0, 0.05) is 19.3 Å². The number of amides is 1. The molecule has 1 aromatic carbocycles. The predicted octanol–water partition coefficient (Wildman–Crippen LogP) is 1.60. The maximum Gasteiger partial charge on any atom is 0.274 e. The summed E-state index contributed by atoms with van der Waals surface area (Å²) in [6.07, 6.45) is 6.69. The van der Waals surface area contributed by atoms with Crippen molar-refractivity contribution in [3.05, 3.63) is 60.3 Å². The predicted molar refractivity (Wildman–Crippen MR) is 91.2 cm³/mol. The van der Waals surface area contributed by atoms with Crippen LogP contribution < -0.4 is 0 Å². The Kier molecular flexibility index (Phi) is 4.39. The fourth-order valence-corrected chi connectivity index (χ4v) is 3.06. The van der Waals surface area contributed by atoms with Gasteiger partial charge in [0.25, 0.3) is 5.91 Å². The SMILES string of the molecule is O=C(c1cn2cnnc2cn1)N1CCOC(CCc2ccccc2)C1. The zero-order chi connectivity index (χ0) is 17.1. The number of fused-ring (bicyclic) bond motifs is 1. The van der Waals surface area contributed by atoms with E-state index in [1.807, 2.05) is 23.1 Å². The Bertz CT molecular complexity index is 864. The molecule has 7 nitrogen and oxygen atoms in total. The molecule has 0 bridgehead atoms. The van der Waals surface area contributed by atoms with Crippen LogP contribution in [-0.4, -0.2) is 56.2 Å². The molecule has 1 aliphatic heterocycles. The van der Waals surface area contributed by atoms with Gasteiger partial charge in [-0.15, -0.1) is 10.2 Å². The number of carbonyl (C=O) groups excluding carboxylic acids is 1. The van der Waals surface area contributed by atoms with Gasteiger partial charge in [0.2, 0.25) is 0 Å². The fraction of sp³-hybridized carbons (Fsp3) is 0.333. The van der Waals surface area contributed by atoms with Gasteiger partial charge in [0.1, 0.15) is 12.0 Å². The summed E-state index contributed by atoms with van der Waals surface area (Å²) in [6.45, 7) is 1.73. The molecule has 1 aliphatic rings. The van der Waals surface area contributed by atoms with Gasteiger partial charge in [-0.05, 0) is 18.4 Å². The van der Waals surface area contributed by atoms with Crippen molar-refractivity contribution in [2.75, 3.05) is 19.7 Å². The summed E-state index contributed by atoms with van der Waals surface area (Å²) < 4.78 is 7.54. The topological polar surface area (TPSA) is 72.6 Å². The lowest BCUT2D eigenvalue weighted by Crippen LogP contribution is -2.46. The fourth-order valence-electron chi connectivity index (χ4n) is 3.06. The number of nitrogens with zero attached hydrogens (tertiary/aromatic N) is 5. The number of aryl methyl sites for hydroxylation is 1. The highest BCUT2D eigenvalue weighted by atomic mass is 16.5. The molecule has 1 saturated heterocycles. The Morgan fingerprint density at radius 3 is 3.04 bits per heavy atom. The first-order valence-corrected chi connectivity index (χ1v) is 8.40. The molecule has 128 valence electrons. The molecule has 3 heterocycles. The number of carbonyl (C=O) groups is 1. The van der Waals surface area contributed by atoms with Gasteiger partial charge >= 0.3 is 0 Å². The first-order valence-electron chi connectivity index (χ1n) is 8.40. The van der Waals surface area contributed by atoms with Crippen LogP contribution in [0.25, 0.3) is 5.65 Å². The molecule has 0 radical (unpaired) electrons. The van der Waals surface area contributed by atoms with Crippen LogP contribution in [0.5, 0.6) is 0 Å². The average molecular weight is 337 g/mol. The average Bonchev–Trinajstić information content (AvgIpc) is 3.14. The van der Waals surface area contributed by atoms with Crippen LogP contribution >= 0.6 is 0 Å². The minimum absolute atomic E-state index is 0.0524. The Labute approximate surface area is 145 Å². The largest absolute Gasteiger partial charge is 0.375 e. The van der Waals surface area contributed by atoms with Crippen LogP contribution in [0.3, 0.4) is 0 Å². The highest BCUT2D eigenvalue weighted by molar-refractivity contribution is 5.92. The van der Waals surface area contributed by atoms with Gasteiger partial charge in [-0.1, -0.05) is 30.3 Å². The van der Waals surface area contributed by atoms with E-state index < -0.39 is 0 Å².